The lowest BCUT2D eigenvalue weighted by molar-refractivity contribution is 0.220. The molecule has 0 spiro atoms. The Hall–Kier alpha value is -9.85. The van der Waals surface area contributed by atoms with Crippen molar-refractivity contribution in [3.05, 3.63) is 259 Å². The predicted molar refractivity (Wildman–Crippen MR) is 439 cm³/mol. The molecule has 0 aliphatic carbocycles. The number of phenols is 1. The summed E-state index contributed by atoms with van der Waals surface area (Å²) in [6, 6.07) is 53.0. The predicted octanol–water partition coefficient (Wildman–Crippen LogP) is 17.3. The molecular weight excluding hydrogens is 1490 g/mol. The van der Waals surface area contributed by atoms with Gasteiger partial charge in [0, 0.05) is 83.3 Å². The van der Waals surface area contributed by atoms with Crippen LogP contribution in [-0.4, -0.2) is 135 Å². The van der Waals surface area contributed by atoms with E-state index >= 15 is 0 Å². The molecule has 0 aromatic heterocycles. The number of methoxy groups -OCH3 is 4. The first-order chi connectivity index (χ1) is 53.4. The van der Waals surface area contributed by atoms with Crippen molar-refractivity contribution in [1.82, 2.24) is 19.6 Å². The topological polar surface area (TPSA) is 225 Å². The minimum absolute atomic E-state index is 0. The van der Waals surface area contributed by atoms with E-state index in [0.29, 0.717) is 82.1 Å². The first kappa shape index (κ1) is 82.6. The van der Waals surface area contributed by atoms with Crippen LogP contribution >= 0.6 is 10.7 Å². The van der Waals surface area contributed by atoms with Crippen LogP contribution in [0.15, 0.2) is 180 Å². The van der Waals surface area contributed by atoms with Crippen molar-refractivity contribution < 1.29 is 74.2 Å². The highest BCUT2D eigenvalue weighted by Crippen LogP contribution is 2.54. The van der Waals surface area contributed by atoms with E-state index in [9.17, 15) is 32.2 Å². The number of aryl methyl sites for hydroxylation is 2. The number of aliphatic hydroxyl groups is 2. The normalized spacial score (nSPS) is 17.8. The fourth-order valence-electron chi connectivity index (χ4n) is 15.9. The van der Waals surface area contributed by atoms with Crippen molar-refractivity contribution in [2.45, 2.75) is 127 Å². The number of likely N-dealkylation sites (N-methyl/N-ethyl adjacent to an activating group) is 4. The van der Waals surface area contributed by atoms with E-state index in [1.54, 1.807) is 45.6 Å². The third kappa shape index (κ3) is 17.6. The van der Waals surface area contributed by atoms with E-state index in [2.05, 4.69) is 90.3 Å². The molecule has 10 aromatic carbocycles. The largest absolute Gasteiger partial charge is 0.502 e. The minimum Gasteiger partial charge on any atom is -0.502 e. The molecule has 8 aliphatic rings. The summed E-state index contributed by atoms with van der Waals surface area (Å²) in [5, 5.41) is 32.9. The molecule has 12 bridgehead atoms. The van der Waals surface area contributed by atoms with Crippen molar-refractivity contribution in [2.75, 3.05) is 82.8 Å². The SMILES string of the molecule is C.C.COc1ccc2cc1Oc1ccc(cc1)C[C@H]1c3cc(c(CO)cc3CCN1C)Oc1c(O)c(OC)cc3c1[C@H](C2)N(C)CC3.COc1ccc2cc1Oc1ccc(cc1)C[C@H]1c3cc(c(CO)cc3CCN1C)Oc1c(OS(=O)(=O)c3ccc(C)cc3)c(OC)cc3c1[C@H](C2)N(C)CC3.Cc1ccc(S(=O)(=O)Cl)cc1. The minimum atomic E-state index is -4.34. The van der Waals surface area contributed by atoms with Gasteiger partial charge in [0.1, 0.15) is 27.9 Å². The van der Waals surface area contributed by atoms with Crippen molar-refractivity contribution in [3.63, 3.8) is 0 Å². The molecule has 8 aliphatic heterocycles. The zero-order chi connectivity index (χ0) is 78.2. The van der Waals surface area contributed by atoms with Gasteiger partial charge in [-0.2, -0.15) is 8.42 Å². The molecule has 10 aromatic rings. The molecule has 0 saturated heterocycles. The van der Waals surface area contributed by atoms with Gasteiger partial charge in [-0.25, -0.2) is 8.42 Å². The van der Waals surface area contributed by atoms with Crippen LogP contribution in [0.1, 0.15) is 128 Å². The molecule has 18 rings (SSSR count). The number of phenolic OH excluding ortho intramolecular Hbond substituents is 1. The van der Waals surface area contributed by atoms with Gasteiger partial charge in [-0.3, -0.25) is 19.6 Å². The Balaban J connectivity index is 0.000000184. The standard InChI is InChI=1S/C44H46N2O8S.C37H40N2O6.C7H7ClO2S.2CH4/c1-27-6-13-34(14-7-27)55(48,49)54-43-41(51-5)24-31-17-19-46(3)37-21-29-10-15-38(50-4)40(22-29)52-33-11-8-28(9-12-33)20-36-35-25-39(53-44(43)42(31)37)32(26-47)23-30(35)16-18-45(36)2;1-38-13-11-24-18-26(21-40)32-20-28(24)29(38)15-22-5-8-27(9-6-22)44-33-17-23(7-10-31(33)42-3)16-30-35-25(12-14-39(30)2)19-34(43-4)36(41)37(35)45-32;1-6-2-4-7(5-3-6)11(8,9)10;;/h6-15,22-25,36-37,47H,16-21,26H2,1-5H3;5-10,17-20,29-30,40-41H,11-16,21H2,1-4H3;2-5H,1H3;2*1H4/t36-,37-;29-,30-;;;/m00.../s1. The van der Waals surface area contributed by atoms with Crippen molar-refractivity contribution in [1.29, 1.82) is 0 Å². The first-order valence-electron chi connectivity index (χ1n) is 37.2. The summed E-state index contributed by atoms with van der Waals surface area (Å²) < 4.78 is 105. The van der Waals surface area contributed by atoms with E-state index in [-0.39, 0.29) is 85.0 Å². The highest BCUT2D eigenvalue weighted by atomic mass is 35.7. The van der Waals surface area contributed by atoms with Crippen molar-refractivity contribution in [3.8, 4) is 80.5 Å². The van der Waals surface area contributed by atoms with Gasteiger partial charge in [-0.15, -0.1) is 0 Å². The van der Waals surface area contributed by atoms with Crippen LogP contribution in [0.2, 0.25) is 0 Å². The average molecular weight is 1590 g/mol. The van der Waals surface area contributed by atoms with Gasteiger partial charge in [0.2, 0.25) is 11.5 Å². The zero-order valence-electron chi connectivity index (χ0n) is 64.0. The molecule has 596 valence electrons. The van der Waals surface area contributed by atoms with Gasteiger partial charge in [-0.05, 0) is 258 Å². The Morgan fingerprint density at radius 3 is 1.20 bits per heavy atom. The molecule has 20 nitrogen and oxygen atoms in total. The monoisotopic (exact) mass is 1590 g/mol. The fraction of sp³-hybridized carbons (Fsp3) is 0.333. The van der Waals surface area contributed by atoms with Gasteiger partial charge < -0.3 is 57.4 Å². The third-order valence-electron chi connectivity index (χ3n) is 22.2. The summed E-state index contributed by atoms with van der Waals surface area (Å²) in [5.41, 5.74) is 15.9. The number of fused-ring (bicyclic) bond motifs is 4. The van der Waals surface area contributed by atoms with Crippen LogP contribution in [0.25, 0.3) is 0 Å². The van der Waals surface area contributed by atoms with E-state index in [0.717, 1.165) is 125 Å². The van der Waals surface area contributed by atoms with Crippen LogP contribution in [0.5, 0.6) is 80.5 Å². The molecule has 23 heteroatoms. The maximum Gasteiger partial charge on any atom is 0.339 e. The molecule has 3 N–H and O–H groups in total. The number of nitrogens with zero attached hydrogens (tertiary/aromatic N) is 4. The lowest BCUT2D eigenvalue weighted by Crippen LogP contribution is -2.34. The Labute approximate surface area is 669 Å². The lowest BCUT2D eigenvalue weighted by atomic mass is 9.86. The molecular formula is C90H101ClN4O16S2. The summed E-state index contributed by atoms with van der Waals surface area (Å²) in [7, 11) is 12.0. The average Bonchev–Trinajstić information content (AvgIpc) is 0.753. The molecule has 0 unspecified atom stereocenters. The van der Waals surface area contributed by atoms with E-state index < -0.39 is 19.2 Å². The van der Waals surface area contributed by atoms with Crippen molar-refractivity contribution >= 4 is 29.9 Å². The summed E-state index contributed by atoms with van der Waals surface area (Å²) >= 11 is 0. The first-order valence-corrected chi connectivity index (χ1v) is 40.9. The van der Waals surface area contributed by atoms with E-state index in [1.165, 1.54) is 48.1 Å². The second-order valence-corrected chi connectivity index (χ2v) is 33.5. The molecule has 113 heavy (non-hydrogen) atoms. The molecule has 0 saturated carbocycles. The Morgan fingerprint density at radius 2 is 0.788 bits per heavy atom. The van der Waals surface area contributed by atoms with Gasteiger partial charge in [0.15, 0.2) is 46.0 Å². The maximum atomic E-state index is 14.1. The molecule has 4 atom stereocenters. The zero-order valence-corrected chi connectivity index (χ0v) is 66.4. The smallest absolute Gasteiger partial charge is 0.339 e. The quantitative estimate of drug-likeness (QED) is 0.0854. The number of rotatable bonds is 10. The number of hydrogen-bond acceptors (Lipinski definition) is 20. The highest BCUT2D eigenvalue weighted by Gasteiger charge is 2.39. The number of halogens is 1. The number of aliphatic hydroxyl groups excluding tert-OH is 2. The van der Waals surface area contributed by atoms with Gasteiger partial charge in [0.05, 0.1) is 46.5 Å². The molecule has 8 heterocycles. The fourth-order valence-corrected chi connectivity index (χ4v) is 17.6. The van der Waals surface area contributed by atoms with Crippen LogP contribution < -0.4 is 42.1 Å². The van der Waals surface area contributed by atoms with Gasteiger partial charge >= 0.3 is 10.1 Å². The second kappa shape index (κ2) is 34.9. The van der Waals surface area contributed by atoms with Gasteiger partial charge in [0.25, 0.3) is 9.05 Å². The highest BCUT2D eigenvalue weighted by molar-refractivity contribution is 8.13. The summed E-state index contributed by atoms with van der Waals surface area (Å²) in [4.78, 5) is 9.41. The van der Waals surface area contributed by atoms with Gasteiger partial charge in [-0.1, -0.05) is 86.6 Å². The lowest BCUT2D eigenvalue weighted by Gasteiger charge is -2.37. The van der Waals surface area contributed by atoms with Crippen LogP contribution in [-0.2, 0) is 83.7 Å². The number of hydrogen-bond donors (Lipinski definition) is 3. The Morgan fingerprint density at radius 1 is 0.416 bits per heavy atom. The molecule has 0 radical (unpaired) electrons. The number of ether oxygens (including phenoxy) is 8. The van der Waals surface area contributed by atoms with E-state index in [4.69, 9.17) is 52.8 Å². The van der Waals surface area contributed by atoms with Crippen molar-refractivity contribution in [2.24, 2.45) is 0 Å². The van der Waals surface area contributed by atoms with E-state index in [1.807, 2.05) is 92.7 Å². The molecule has 0 amide bonds. The van der Waals surface area contributed by atoms with Crippen LogP contribution in [0, 0.1) is 13.8 Å². The Kier molecular flexibility index (Phi) is 25.5. The second-order valence-electron chi connectivity index (χ2n) is 29.3. The summed E-state index contributed by atoms with van der Waals surface area (Å²) in [6.07, 6.45) is 5.84. The maximum absolute atomic E-state index is 14.1. The third-order valence-corrected chi connectivity index (χ3v) is 24.9. The molecule has 0 fully saturated rings. The van der Waals surface area contributed by atoms with Crippen LogP contribution in [0.3, 0.4) is 0 Å². The number of benzene rings is 10. The summed E-state index contributed by atoms with van der Waals surface area (Å²) in [5.74, 6) is 6.05. The Bertz CT molecular complexity index is 5340. The van der Waals surface area contributed by atoms with Crippen LogP contribution in [0.4, 0.5) is 0 Å². The number of aromatic hydroxyl groups is 1. The summed E-state index contributed by atoms with van der Waals surface area (Å²) in [6.45, 7) is 6.68.